The molecule has 0 bridgehead atoms. The molecule has 0 spiro atoms. The fourth-order valence-electron chi connectivity index (χ4n) is 5.60. The van der Waals surface area contributed by atoms with E-state index in [1.807, 2.05) is 48.5 Å². The number of hydrogen-bond acceptors (Lipinski definition) is 6. The van der Waals surface area contributed by atoms with Gasteiger partial charge in [-0.15, -0.1) is 0 Å². The highest BCUT2D eigenvalue weighted by Gasteiger charge is 2.26. The highest BCUT2D eigenvalue weighted by molar-refractivity contribution is 6.02. The molecule has 3 aromatic rings. The van der Waals surface area contributed by atoms with E-state index in [0.717, 1.165) is 58.9 Å². The van der Waals surface area contributed by atoms with Gasteiger partial charge in [-0.25, -0.2) is 9.18 Å². The SMILES string of the molecule is C=C/C(F)=C(\C(=C)C)C(=O)NC(Cc1cccc2c(-c3c(OC)ccc(CN4CCCC4)c3OC)cccc12)C(=O)O.CCC.CN. The first-order chi connectivity index (χ1) is 22.6. The molecule has 0 saturated carbocycles. The molecule has 1 aliphatic heterocycles. The van der Waals surface area contributed by atoms with E-state index in [1.165, 1.54) is 33.2 Å². The lowest BCUT2D eigenvalue weighted by Crippen LogP contribution is -2.43. The number of fused-ring (bicyclic) bond motifs is 1. The first-order valence-electron chi connectivity index (χ1n) is 15.9. The minimum absolute atomic E-state index is 0.0235. The van der Waals surface area contributed by atoms with Crippen molar-refractivity contribution >= 4 is 22.6 Å². The molecule has 1 saturated heterocycles. The maximum Gasteiger partial charge on any atom is 0.326 e. The molecule has 47 heavy (non-hydrogen) atoms. The standard InChI is InChI=1S/C34H37FN2O5.C3H8.CH5N/c1-6-27(35)30(21(2)3)33(38)36-28(34(39)40)19-22-11-9-13-25-24(22)12-10-14-26(25)31-29(41-4)16-15-23(32(31)42-5)20-37-17-7-8-18-37;1-3-2;1-2/h6,9-16,28H,1-2,7-8,17-20H2,3-5H3,(H,36,38)(H,39,40);3H2,1-2H3;2H2,1H3/b30-27-;;. The van der Waals surface area contributed by atoms with Crippen molar-refractivity contribution in [3.63, 3.8) is 0 Å². The van der Waals surface area contributed by atoms with Crippen molar-refractivity contribution in [3.05, 3.63) is 95.9 Å². The first kappa shape index (κ1) is 38.7. The fourth-order valence-corrected chi connectivity index (χ4v) is 5.60. The number of ether oxygens (including phenoxy) is 2. The number of hydrogen-bond donors (Lipinski definition) is 3. The largest absolute Gasteiger partial charge is 0.496 e. The lowest BCUT2D eigenvalue weighted by Gasteiger charge is -2.22. The highest BCUT2D eigenvalue weighted by Crippen LogP contribution is 2.44. The molecule has 9 heteroatoms. The van der Waals surface area contributed by atoms with Gasteiger partial charge in [-0.3, -0.25) is 9.69 Å². The number of rotatable bonds is 12. The molecule has 0 aromatic heterocycles. The van der Waals surface area contributed by atoms with E-state index in [-0.39, 0.29) is 17.6 Å². The molecule has 1 heterocycles. The Morgan fingerprint density at radius 2 is 1.64 bits per heavy atom. The Morgan fingerprint density at radius 1 is 1.02 bits per heavy atom. The highest BCUT2D eigenvalue weighted by atomic mass is 19.1. The van der Waals surface area contributed by atoms with Gasteiger partial charge in [-0.1, -0.05) is 75.9 Å². The lowest BCUT2D eigenvalue weighted by atomic mass is 9.91. The Hall–Kier alpha value is -4.47. The van der Waals surface area contributed by atoms with Gasteiger partial charge in [-0.2, -0.15) is 0 Å². The molecule has 4 rings (SSSR count). The number of carboxylic acids is 1. The van der Waals surface area contributed by atoms with Crippen molar-refractivity contribution in [2.75, 3.05) is 34.4 Å². The Balaban J connectivity index is 0.00000145. The van der Waals surface area contributed by atoms with Crippen molar-refractivity contribution in [1.29, 1.82) is 0 Å². The summed E-state index contributed by atoms with van der Waals surface area (Å²) in [5.41, 5.74) is 7.80. The Labute approximate surface area is 278 Å². The smallest absolute Gasteiger partial charge is 0.326 e. The molecule has 1 fully saturated rings. The van der Waals surface area contributed by atoms with Crippen LogP contribution in [-0.2, 0) is 22.6 Å². The third-order valence-corrected chi connectivity index (χ3v) is 7.60. The van der Waals surface area contributed by atoms with Gasteiger partial charge in [-0.05, 0) is 79.5 Å². The number of nitrogens with one attached hydrogen (secondary N) is 1. The average molecular weight is 648 g/mol. The van der Waals surface area contributed by atoms with Crippen molar-refractivity contribution in [2.45, 2.75) is 59.0 Å². The monoisotopic (exact) mass is 647 g/mol. The number of allylic oxidation sites excluding steroid dienone is 2. The number of amides is 1. The zero-order valence-corrected chi connectivity index (χ0v) is 28.6. The van der Waals surface area contributed by atoms with Crippen molar-refractivity contribution in [1.82, 2.24) is 10.2 Å². The van der Waals surface area contributed by atoms with Crippen molar-refractivity contribution in [2.24, 2.45) is 5.73 Å². The number of benzene rings is 3. The van der Waals surface area contributed by atoms with Gasteiger partial charge >= 0.3 is 5.97 Å². The average Bonchev–Trinajstić information content (AvgIpc) is 3.58. The molecule has 0 aliphatic carbocycles. The summed E-state index contributed by atoms with van der Waals surface area (Å²) >= 11 is 0. The summed E-state index contributed by atoms with van der Waals surface area (Å²) in [5.74, 6) is -1.58. The Bertz CT molecular complexity index is 1580. The van der Waals surface area contributed by atoms with Gasteiger partial charge in [0.1, 0.15) is 23.4 Å². The number of methoxy groups -OCH3 is 2. The van der Waals surface area contributed by atoms with E-state index in [2.05, 4.69) is 43.0 Å². The summed E-state index contributed by atoms with van der Waals surface area (Å²) in [5, 5.41) is 14.1. The number of carboxylic acid groups (broad SMARTS) is 1. The third-order valence-electron chi connectivity index (χ3n) is 7.60. The van der Waals surface area contributed by atoms with E-state index >= 15 is 0 Å². The van der Waals surface area contributed by atoms with Crippen LogP contribution in [0.1, 0.15) is 51.2 Å². The molecule has 4 N–H and O–H groups in total. The van der Waals surface area contributed by atoms with Crippen LogP contribution in [0, 0.1) is 0 Å². The van der Waals surface area contributed by atoms with E-state index in [1.54, 1.807) is 14.2 Å². The van der Waals surface area contributed by atoms with Gasteiger partial charge in [0.15, 0.2) is 0 Å². The molecule has 254 valence electrons. The number of nitrogens with two attached hydrogens (primary N) is 1. The van der Waals surface area contributed by atoms with Crippen LogP contribution < -0.4 is 20.5 Å². The van der Waals surface area contributed by atoms with E-state index in [9.17, 15) is 19.1 Å². The van der Waals surface area contributed by atoms with Gasteiger partial charge < -0.3 is 25.6 Å². The zero-order chi connectivity index (χ0) is 35.1. The number of carbonyl (C=O) groups excluding carboxylic acids is 1. The summed E-state index contributed by atoms with van der Waals surface area (Å²) in [4.78, 5) is 27.5. The van der Waals surface area contributed by atoms with Crippen LogP contribution in [0.25, 0.3) is 21.9 Å². The van der Waals surface area contributed by atoms with Crippen LogP contribution in [0.3, 0.4) is 0 Å². The molecular weight excluding hydrogens is 597 g/mol. The van der Waals surface area contributed by atoms with Gasteiger partial charge in [0.2, 0.25) is 0 Å². The van der Waals surface area contributed by atoms with Crippen LogP contribution in [0.4, 0.5) is 4.39 Å². The second kappa shape index (κ2) is 19.3. The summed E-state index contributed by atoms with van der Waals surface area (Å²) < 4.78 is 26.1. The van der Waals surface area contributed by atoms with E-state index in [0.29, 0.717) is 11.3 Å². The first-order valence-corrected chi connectivity index (χ1v) is 15.9. The molecule has 1 atom stereocenters. The topological polar surface area (TPSA) is 114 Å². The summed E-state index contributed by atoms with van der Waals surface area (Å²) in [6.45, 7) is 15.6. The molecule has 0 radical (unpaired) electrons. The van der Waals surface area contributed by atoms with Crippen molar-refractivity contribution in [3.8, 4) is 22.6 Å². The van der Waals surface area contributed by atoms with Crippen LogP contribution in [-0.4, -0.2) is 62.3 Å². The molecule has 8 nitrogen and oxygen atoms in total. The number of carbonyl (C=O) groups is 2. The molecule has 3 aromatic carbocycles. The minimum atomic E-state index is -1.31. The maximum absolute atomic E-state index is 14.3. The molecule has 1 unspecified atom stereocenters. The van der Waals surface area contributed by atoms with Crippen LogP contribution >= 0.6 is 0 Å². The van der Waals surface area contributed by atoms with Gasteiger partial charge in [0.05, 0.1) is 25.4 Å². The Morgan fingerprint density at radius 3 is 2.19 bits per heavy atom. The molecule has 1 amide bonds. The number of aliphatic carboxylic acids is 1. The van der Waals surface area contributed by atoms with E-state index in [4.69, 9.17) is 9.47 Å². The fraction of sp³-hybridized carbons (Fsp3) is 0.368. The third kappa shape index (κ3) is 9.76. The van der Waals surface area contributed by atoms with Gasteiger partial charge in [0.25, 0.3) is 5.91 Å². The van der Waals surface area contributed by atoms with Gasteiger partial charge in [0, 0.05) is 18.5 Å². The van der Waals surface area contributed by atoms with Crippen molar-refractivity contribution < 1.29 is 28.6 Å². The predicted molar refractivity (Wildman–Crippen MR) is 189 cm³/mol. The molecular formula is C38H50FN3O5. The summed E-state index contributed by atoms with van der Waals surface area (Å²) in [6.07, 6.45) is 4.49. The second-order valence-corrected chi connectivity index (χ2v) is 11.1. The second-order valence-electron chi connectivity index (χ2n) is 11.1. The normalized spacial score (nSPS) is 13.6. The number of likely N-dealkylation sites (tertiary alicyclic amines) is 1. The minimum Gasteiger partial charge on any atom is -0.496 e. The van der Waals surface area contributed by atoms with Crippen LogP contribution in [0.2, 0.25) is 0 Å². The van der Waals surface area contributed by atoms with Crippen LogP contribution in [0.15, 0.2) is 84.7 Å². The summed E-state index contributed by atoms with van der Waals surface area (Å²) in [7, 11) is 4.78. The zero-order valence-electron chi connectivity index (χ0n) is 28.6. The number of nitrogens with zero attached hydrogens (tertiary/aromatic N) is 1. The summed E-state index contributed by atoms with van der Waals surface area (Å²) in [6, 6.07) is 14.1. The maximum atomic E-state index is 14.3. The molecule has 1 aliphatic rings. The van der Waals surface area contributed by atoms with E-state index < -0.39 is 23.7 Å². The predicted octanol–water partition coefficient (Wildman–Crippen LogP) is 7.21. The quantitative estimate of drug-likeness (QED) is 0.141. The Kier molecular flexibility index (Phi) is 15.9. The van der Waals surface area contributed by atoms with Crippen LogP contribution in [0.5, 0.6) is 11.5 Å². The lowest BCUT2D eigenvalue weighted by molar-refractivity contribution is -0.141. The number of halogens is 1.